The standard InChI is InChI=1S/C17H17BrO2/c1-12-3-5-13(6-4-12)17(18)14-7-8-15-16(11-14)20-10-2-9-19-15/h3-8,11,17H,2,9-10H2,1H3. The molecule has 3 rings (SSSR count). The van der Waals surface area contributed by atoms with Gasteiger partial charge in [0.15, 0.2) is 11.5 Å². The number of alkyl halides is 1. The topological polar surface area (TPSA) is 18.5 Å². The molecule has 1 heterocycles. The summed E-state index contributed by atoms with van der Waals surface area (Å²) in [6.45, 7) is 3.54. The van der Waals surface area contributed by atoms with Gasteiger partial charge in [0.1, 0.15) is 0 Å². The summed E-state index contributed by atoms with van der Waals surface area (Å²) in [7, 11) is 0. The fourth-order valence-electron chi connectivity index (χ4n) is 2.27. The summed E-state index contributed by atoms with van der Waals surface area (Å²) in [4.78, 5) is 0.167. The Kier molecular flexibility index (Phi) is 3.97. The molecule has 1 atom stereocenters. The van der Waals surface area contributed by atoms with Crippen molar-refractivity contribution in [1.82, 2.24) is 0 Å². The van der Waals surface area contributed by atoms with Crippen molar-refractivity contribution < 1.29 is 9.47 Å². The lowest BCUT2D eigenvalue weighted by Gasteiger charge is -2.14. The number of benzene rings is 2. The molecule has 2 aromatic rings. The number of hydrogen-bond acceptors (Lipinski definition) is 2. The zero-order valence-electron chi connectivity index (χ0n) is 11.4. The molecule has 2 nitrogen and oxygen atoms in total. The molecule has 0 bridgehead atoms. The minimum atomic E-state index is 0.167. The maximum atomic E-state index is 5.75. The van der Waals surface area contributed by atoms with Crippen LogP contribution < -0.4 is 9.47 Å². The number of fused-ring (bicyclic) bond motifs is 1. The molecule has 0 amide bonds. The van der Waals surface area contributed by atoms with Gasteiger partial charge in [-0.05, 0) is 30.2 Å². The van der Waals surface area contributed by atoms with E-state index in [9.17, 15) is 0 Å². The van der Waals surface area contributed by atoms with Crippen LogP contribution in [0.2, 0.25) is 0 Å². The largest absolute Gasteiger partial charge is 0.490 e. The van der Waals surface area contributed by atoms with E-state index in [0.29, 0.717) is 6.61 Å². The predicted octanol–water partition coefficient (Wildman–Crippen LogP) is 4.64. The SMILES string of the molecule is Cc1ccc(C(Br)c2ccc3c(c2)OCCCO3)cc1. The van der Waals surface area contributed by atoms with Crippen LogP contribution in [-0.2, 0) is 0 Å². The van der Waals surface area contributed by atoms with E-state index < -0.39 is 0 Å². The Bertz CT molecular complexity index is 592. The second kappa shape index (κ2) is 5.88. The van der Waals surface area contributed by atoms with Gasteiger partial charge in [-0.3, -0.25) is 0 Å². The molecule has 2 aromatic carbocycles. The van der Waals surface area contributed by atoms with Gasteiger partial charge in [-0.15, -0.1) is 0 Å². The third-order valence-corrected chi connectivity index (χ3v) is 4.49. The van der Waals surface area contributed by atoms with Crippen LogP contribution in [0.25, 0.3) is 0 Å². The van der Waals surface area contributed by atoms with E-state index >= 15 is 0 Å². The number of halogens is 1. The van der Waals surface area contributed by atoms with Gasteiger partial charge in [0.05, 0.1) is 18.0 Å². The van der Waals surface area contributed by atoms with Crippen LogP contribution in [0.4, 0.5) is 0 Å². The van der Waals surface area contributed by atoms with Crippen molar-refractivity contribution in [1.29, 1.82) is 0 Å². The molecule has 0 radical (unpaired) electrons. The van der Waals surface area contributed by atoms with E-state index in [1.165, 1.54) is 16.7 Å². The highest BCUT2D eigenvalue weighted by Crippen LogP contribution is 2.37. The van der Waals surface area contributed by atoms with Gasteiger partial charge in [0.2, 0.25) is 0 Å². The van der Waals surface area contributed by atoms with E-state index in [0.717, 1.165) is 24.5 Å². The lowest BCUT2D eigenvalue weighted by Crippen LogP contribution is -1.97. The van der Waals surface area contributed by atoms with E-state index in [2.05, 4.69) is 59.3 Å². The Morgan fingerprint density at radius 1 is 0.900 bits per heavy atom. The maximum absolute atomic E-state index is 5.75. The van der Waals surface area contributed by atoms with Crippen molar-refractivity contribution in [2.24, 2.45) is 0 Å². The molecular formula is C17H17BrO2. The quantitative estimate of drug-likeness (QED) is 0.746. The van der Waals surface area contributed by atoms with Gasteiger partial charge in [-0.2, -0.15) is 0 Å². The van der Waals surface area contributed by atoms with Gasteiger partial charge in [-0.25, -0.2) is 0 Å². The van der Waals surface area contributed by atoms with Crippen molar-refractivity contribution >= 4 is 15.9 Å². The van der Waals surface area contributed by atoms with E-state index in [4.69, 9.17) is 9.47 Å². The van der Waals surface area contributed by atoms with Crippen LogP contribution in [0.1, 0.15) is 27.9 Å². The van der Waals surface area contributed by atoms with Crippen molar-refractivity contribution in [2.75, 3.05) is 13.2 Å². The van der Waals surface area contributed by atoms with Gasteiger partial charge in [0, 0.05) is 6.42 Å². The minimum Gasteiger partial charge on any atom is -0.490 e. The smallest absolute Gasteiger partial charge is 0.161 e. The third kappa shape index (κ3) is 2.83. The molecule has 104 valence electrons. The van der Waals surface area contributed by atoms with Crippen molar-refractivity contribution in [3.63, 3.8) is 0 Å². The first-order valence-electron chi connectivity index (χ1n) is 6.84. The molecule has 3 heteroatoms. The first-order valence-corrected chi connectivity index (χ1v) is 7.76. The number of rotatable bonds is 2. The molecule has 20 heavy (non-hydrogen) atoms. The van der Waals surface area contributed by atoms with Crippen molar-refractivity contribution in [2.45, 2.75) is 18.2 Å². The molecule has 0 aromatic heterocycles. The van der Waals surface area contributed by atoms with Gasteiger partial charge < -0.3 is 9.47 Å². The Morgan fingerprint density at radius 2 is 1.55 bits per heavy atom. The van der Waals surface area contributed by atoms with E-state index in [1.807, 2.05) is 6.07 Å². The molecule has 0 spiro atoms. The average Bonchev–Trinajstić information content (AvgIpc) is 2.71. The summed E-state index contributed by atoms with van der Waals surface area (Å²) < 4.78 is 11.4. The fraction of sp³-hybridized carbons (Fsp3) is 0.294. The monoisotopic (exact) mass is 332 g/mol. The van der Waals surface area contributed by atoms with E-state index in [-0.39, 0.29) is 4.83 Å². The molecule has 1 unspecified atom stereocenters. The molecule has 0 saturated heterocycles. The zero-order valence-corrected chi connectivity index (χ0v) is 13.0. The Balaban J connectivity index is 1.90. The van der Waals surface area contributed by atoms with Crippen LogP contribution >= 0.6 is 15.9 Å². The molecule has 1 aliphatic heterocycles. The zero-order chi connectivity index (χ0) is 13.9. The first kappa shape index (κ1) is 13.5. The summed E-state index contributed by atoms with van der Waals surface area (Å²) in [5.41, 5.74) is 3.69. The summed E-state index contributed by atoms with van der Waals surface area (Å²) in [6.07, 6.45) is 0.930. The molecule has 1 aliphatic rings. The summed E-state index contributed by atoms with van der Waals surface area (Å²) in [5.74, 6) is 1.69. The van der Waals surface area contributed by atoms with Crippen LogP contribution in [0.5, 0.6) is 11.5 Å². The molecule has 0 aliphatic carbocycles. The lowest BCUT2D eigenvalue weighted by atomic mass is 10.0. The van der Waals surface area contributed by atoms with Crippen molar-refractivity contribution in [3.8, 4) is 11.5 Å². The highest BCUT2D eigenvalue weighted by atomic mass is 79.9. The van der Waals surface area contributed by atoms with Gasteiger partial charge in [0.25, 0.3) is 0 Å². The molecular weight excluding hydrogens is 316 g/mol. The first-order chi connectivity index (χ1) is 9.74. The van der Waals surface area contributed by atoms with Gasteiger partial charge >= 0.3 is 0 Å². The van der Waals surface area contributed by atoms with Gasteiger partial charge in [-0.1, -0.05) is 51.8 Å². The maximum Gasteiger partial charge on any atom is 0.161 e. The predicted molar refractivity (Wildman–Crippen MR) is 84.0 cm³/mol. The second-order valence-electron chi connectivity index (χ2n) is 5.03. The molecule has 0 N–H and O–H groups in total. The van der Waals surface area contributed by atoms with Crippen molar-refractivity contribution in [3.05, 3.63) is 59.2 Å². The summed E-state index contributed by atoms with van der Waals surface area (Å²) in [6, 6.07) is 14.7. The number of aryl methyl sites for hydroxylation is 1. The normalized spacial score (nSPS) is 15.5. The van der Waals surface area contributed by atoms with Crippen LogP contribution in [0.3, 0.4) is 0 Å². The Morgan fingerprint density at radius 3 is 2.30 bits per heavy atom. The lowest BCUT2D eigenvalue weighted by molar-refractivity contribution is 0.297. The Hall–Kier alpha value is -1.48. The van der Waals surface area contributed by atoms with Crippen LogP contribution in [-0.4, -0.2) is 13.2 Å². The number of hydrogen-bond donors (Lipinski definition) is 0. The third-order valence-electron chi connectivity index (χ3n) is 3.43. The summed E-state index contributed by atoms with van der Waals surface area (Å²) >= 11 is 3.77. The average molecular weight is 333 g/mol. The molecule has 0 saturated carbocycles. The van der Waals surface area contributed by atoms with Crippen LogP contribution in [0, 0.1) is 6.92 Å². The highest BCUT2D eigenvalue weighted by Gasteiger charge is 2.15. The number of ether oxygens (including phenoxy) is 2. The molecule has 0 fully saturated rings. The van der Waals surface area contributed by atoms with Crippen LogP contribution in [0.15, 0.2) is 42.5 Å². The second-order valence-corrected chi connectivity index (χ2v) is 5.95. The minimum absolute atomic E-state index is 0.167. The highest BCUT2D eigenvalue weighted by molar-refractivity contribution is 9.09. The van der Waals surface area contributed by atoms with E-state index in [1.54, 1.807) is 0 Å². The fourth-order valence-corrected chi connectivity index (χ4v) is 2.86. The summed E-state index contributed by atoms with van der Waals surface area (Å²) in [5, 5.41) is 0. The Labute approximate surface area is 127 Å².